The Balaban J connectivity index is 2.02. The summed E-state index contributed by atoms with van der Waals surface area (Å²) in [4.78, 5) is 14.5. The zero-order chi connectivity index (χ0) is 13.7. The minimum absolute atomic E-state index is 0.211. The Morgan fingerprint density at radius 2 is 1.95 bits per heavy atom. The zero-order valence-electron chi connectivity index (χ0n) is 11.6. The van der Waals surface area contributed by atoms with Crippen molar-refractivity contribution in [1.82, 2.24) is 4.90 Å². The fraction of sp³-hybridized carbons (Fsp3) is 0.562. The Morgan fingerprint density at radius 3 is 2.58 bits per heavy atom. The molecule has 0 aromatic heterocycles. The first-order chi connectivity index (χ1) is 9.22. The number of hydrogen-bond donors (Lipinski definition) is 0. The molecular formula is C16H22ClNO. The van der Waals surface area contributed by atoms with E-state index < -0.39 is 0 Å². The highest BCUT2D eigenvalue weighted by Gasteiger charge is 2.24. The summed E-state index contributed by atoms with van der Waals surface area (Å²) in [5.41, 5.74) is 0.934. The second-order valence-electron chi connectivity index (χ2n) is 5.24. The third-order valence-electron chi connectivity index (χ3n) is 3.98. The number of rotatable bonds is 4. The van der Waals surface area contributed by atoms with Crippen LogP contribution in [0.1, 0.15) is 44.6 Å². The van der Waals surface area contributed by atoms with Crippen molar-refractivity contribution >= 4 is 17.5 Å². The lowest BCUT2D eigenvalue weighted by Crippen LogP contribution is -2.42. The van der Waals surface area contributed by atoms with Crippen molar-refractivity contribution in [2.45, 2.75) is 51.5 Å². The van der Waals surface area contributed by atoms with E-state index in [-0.39, 0.29) is 5.91 Å². The first kappa shape index (κ1) is 14.4. The van der Waals surface area contributed by atoms with E-state index in [4.69, 9.17) is 11.6 Å². The van der Waals surface area contributed by atoms with E-state index >= 15 is 0 Å². The Bertz CT molecular complexity index is 427. The number of carbonyl (C=O) groups is 1. The highest BCUT2D eigenvalue weighted by Crippen LogP contribution is 2.24. The molecule has 1 aliphatic rings. The molecule has 2 rings (SSSR count). The van der Waals surface area contributed by atoms with Crippen molar-refractivity contribution in [2.24, 2.45) is 0 Å². The Kier molecular flexibility index (Phi) is 5.26. The highest BCUT2D eigenvalue weighted by molar-refractivity contribution is 6.31. The van der Waals surface area contributed by atoms with Crippen LogP contribution in [0, 0.1) is 0 Å². The predicted octanol–water partition coefficient (Wildman–Crippen LogP) is 4.06. The molecule has 0 radical (unpaired) electrons. The maximum absolute atomic E-state index is 12.5. The lowest BCUT2D eigenvalue weighted by atomic mass is 9.93. The summed E-state index contributed by atoms with van der Waals surface area (Å²) < 4.78 is 0. The molecule has 0 bridgehead atoms. The van der Waals surface area contributed by atoms with Gasteiger partial charge in [-0.05, 0) is 31.4 Å². The second kappa shape index (κ2) is 6.95. The van der Waals surface area contributed by atoms with Gasteiger partial charge in [-0.25, -0.2) is 0 Å². The van der Waals surface area contributed by atoms with E-state index in [9.17, 15) is 4.79 Å². The summed E-state index contributed by atoms with van der Waals surface area (Å²) >= 11 is 6.13. The molecule has 19 heavy (non-hydrogen) atoms. The van der Waals surface area contributed by atoms with Crippen LogP contribution in [-0.2, 0) is 11.2 Å². The van der Waals surface area contributed by atoms with Gasteiger partial charge < -0.3 is 4.90 Å². The van der Waals surface area contributed by atoms with Crippen LogP contribution >= 0.6 is 11.6 Å². The summed E-state index contributed by atoms with van der Waals surface area (Å²) in [5.74, 6) is 0.211. The van der Waals surface area contributed by atoms with Crippen molar-refractivity contribution < 1.29 is 4.79 Å². The zero-order valence-corrected chi connectivity index (χ0v) is 12.3. The normalized spacial score (nSPS) is 16.3. The molecule has 2 nitrogen and oxygen atoms in total. The fourth-order valence-corrected chi connectivity index (χ4v) is 3.14. The van der Waals surface area contributed by atoms with Crippen LogP contribution in [0.2, 0.25) is 5.02 Å². The molecule has 1 fully saturated rings. The van der Waals surface area contributed by atoms with Gasteiger partial charge in [-0.1, -0.05) is 49.1 Å². The number of benzene rings is 1. The maximum Gasteiger partial charge on any atom is 0.227 e. The minimum Gasteiger partial charge on any atom is -0.340 e. The van der Waals surface area contributed by atoms with Crippen LogP contribution in [0.5, 0.6) is 0 Å². The summed E-state index contributed by atoms with van der Waals surface area (Å²) in [6.45, 7) is 2.87. The van der Waals surface area contributed by atoms with E-state index in [1.165, 1.54) is 19.3 Å². The predicted molar refractivity (Wildman–Crippen MR) is 79.4 cm³/mol. The summed E-state index contributed by atoms with van der Waals surface area (Å²) in [5, 5.41) is 0.690. The lowest BCUT2D eigenvalue weighted by Gasteiger charge is -2.33. The number of nitrogens with zero attached hydrogens (tertiary/aromatic N) is 1. The number of carbonyl (C=O) groups excluding carboxylic acids is 1. The smallest absolute Gasteiger partial charge is 0.227 e. The third kappa shape index (κ3) is 3.73. The molecule has 104 valence electrons. The Morgan fingerprint density at radius 1 is 1.26 bits per heavy atom. The monoisotopic (exact) mass is 279 g/mol. The van der Waals surface area contributed by atoms with Crippen LogP contribution in [-0.4, -0.2) is 23.4 Å². The molecule has 0 aliphatic heterocycles. The average Bonchev–Trinajstić information content (AvgIpc) is 2.43. The maximum atomic E-state index is 12.5. The van der Waals surface area contributed by atoms with E-state index in [1.807, 2.05) is 29.2 Å². The van der Waals surface area contributed by atoms with E-state index in [2.05, 4.69) is 6.92 Å². The fourth-order valence-electron chi connectivity index (χ4n) is 2.94. The number of likely N-dealkylation sites (N-methyl/N-ethyl adjacent to an activating group) is 1. The van der Waals surface area contributed by atoms with Crippen molar-refractivity contribution in [2.75, 3.05) is 6.54 Å². The first-order valence-electron chi connectivity index (χ1n) is 7.25. The van der Waals surface area contributed by atoms with Crippen LogP contribution in [0.3, 0.4) is 0 Å². The Hall–Kier alpha value is -1.02. The van der Waals surface area contributed by atoms with Crippen LogP contribution in [0.4, 0.5) is 0 Å². The highest BCUT2D eigenvalue weighted by atomic mass is 35.5. The molecule has 1 aromatic carbocycles. The summed E-state index contributed by atoms with van der Waals surface area (Å²) in [6, 6.07) is 8.06. The van der Waals surface area contributed by atoms with Crippen LogP contribution in [0.15, 0.2) is 24.3 Å². The molecule has 3 heteroatoms. The first-order valence-corrected chi connectivity index (χ1v) is 7.63. The quantitative estimate of drug-likeness (QED) is 0.814. The van der Waals surface area contributed by atoms with Crippen LogP contribution < -0.4 is 0 Å². The SMILES string of the molecule is CCN(C(=O)Cc1ccccc1Cl)C1CCCCC1. The molecule has 1 aromatic rings. The summed E-state index contributed by atoms with van der Waals surface area (Å²) in [7, 11) is 0. The van der Waals surface area contributed by atoms with Gasteiger partial charge in [-0.15, -0.1) is 0 Å². The standard InChI is InChI=1S/C16H22ClNO/c1-2-18(14-9-4-3-5-10-14)16(19)12-13-8-6-7-11-15(13)17/h6-8,11,14H,2-5,9-10,12H2,1H3. The van der Waals surface area contributed by atoms with Gasteiger partial charge >= 0.3 is 0 Å². The molecular weight excluding hydrogens is 258 g/mol. The van der Waals surface area contributed by atoms with Gasteiger partial charge in [0.2, 0.25) is 5.91 Å². The van der Waals surface area contributed by atoms with E-state index in [0.29, 0.717) is 17.5 Å². The van der Waals surface area contributed by atoms with E-state index in [1.54, 1.807) is 0 Å². The second-order valence-corrected chi connectivity index (χ2v) is 5.65. The van der Waals surface area contributed by atoms with Gasteiger partial charge in [0.15, 0.2) is 0 Å². The molecule has 1 amide bonds. The Labute approximate surface area is 120 Å². The van der Waals surface area contributed by atoms with E-state index in [0.717, 1.165) is 24.9 Å². The van der Waals surface area contributed by atoms with Crippen molar-refractivity contribution in [3.8, 4) is 0 Å². The number of halogens is 1. The molecule has 0 saturated heterocycles. The van der Waals surface area contributed by atoms with Crippen molar-refractivity contribution in [3.05, 3.63) is 34.9 Å². The van der Waals surface area contributed by atoms with Gasteiger partial charge in [-0.3, -0.25) is 4.79 Å². The number of amides is 1. The topological polar surface area (TPSA) is 20.3 Å². The van der Waals surface area contributed by atoms with Gasteiger partial charge in [0.1, 0.15) is 0 Å². The minimum atomic E-state index is 0.211. The molecule has 0 unspecified atom stereocenters. The van der Waals surface area contributed by atoms with Gasteiger partial charge in [-0.2, -0.15) is 0 Å². The molecule has 0 heterocycles. The number of hydrogen-bond acceptors (Lipinski definition) is 1. The summed E-state index contributed by atoms with van der Waals surface area (Å²) in [6.07, 6.45) is 6.54. The molecule has 0 atom stereocenters. The largest absolute Gasteiger partial charge is 0.340 e. The molecule has 0 N–H and O–H groups in total. The average molecular weight is 280 g/mol. The van der Waals surface area contributed by atoms with Crippen molar-refractivity contribution in [3.63, 3.8) is 0 Å². The third-order valence-corrected chi connectivity index (χ3v) is 4.34. The molecule has 1 aliphatic carbocycles. The molecule has 0 spiro atoms. The molecule has 1 saturated carbocycles. The van der Waals surface area contributed by atoms with Gasteiger partial charge in [0, 0.05) is 17.6 Å². The van der Waals surface area contributed by atoms with Gasteiger partial charge in [0.05, 0.1) is 6.42 Å². The lowest BCUT2D eigenvalue weighted by molar-refractivity contribution is -0.133. The van der Waals surface area contributed by atoms with Crippen molar-refractivity contribution in [1.29, 1.82) is 0 Å². The van der Waals surface area contributed by atoms with Gasteiger partial charge in [0.25, 0.3) is 0 Å². The van der Waals surface area contributed by atoms with Crippen LogP contribution in [0.25, 0.3) is 0 Å².